The van der Waals surface area contributed by atoms with Gasteiger partial charge in [-0.2, -0.15) is 5.10 Å². The van der Waals surface area contributed by atoms with E-state index in [2.05, 4.69) is 32.5 Å². The van der Waals surface area contributed by atoms with Gasteiger partial charge in [-0.1, -0.05) is 18.2 Å². The van der Waals surface area contributed by atoms with Crippen molar-refractivity contribution in [2.75, 3.05) is 25.0 Å². The summed E-state index contributed by atoms with van der Waals surface area (Å²) in [5, 5.41) is 9.79. The molecular formula is C19H22N4O2. The van der Waals surface area contributed by atoms with Crippen molar-refractivity contribution in [3.8, 4) is 11.5 Å². The van der Waals surface area contributed by atoms with Gasteiger partial charge in [0, 0.05) is 31.9 Å². The van der Waals surface area contributed by atoms with Gasteiger partial charge >= 0.3 is 0 Å². The van der Waals surface area contributed by atoms with Gasteiger partial charge in [-0.15, -0.1) is 0 Å². The van der Waals surface area contributed by atoms with E-state index >= 15 is 0 Å². The number of rotatable bonds is 7. The first-order valence-electron chi connectivity index (χ1n) is 8.30. The fraction of sp³-hybridized carbons (Fsp3) is 0.263. The Labute approximate surface area is 146 Å². The van der Waals surface area contributed by atoms with E-state index in [-0.39, 0.29) is 5.91 Å². The van der Waals surface area contributed by atoms with E-state index in [1.807, 2.05) is 44.3 Å². The van der Waals surface area contributed by atoms with Gasteiger partial charge in [0.25, 0.3) is 5.91 Å². The van der Waals surface area contributed by atoms with Gasteiger partial charge in [0.15, 0.2) is 11.5 Å². The van der Waals surface area contributed by atoms with Crippen molar-refractivity contribution in [1.82, 2.24) is 15.5 Å². The number of hydrogen-bond donors (Lipinski definition) is 2. The zero-order valence-electron chi connectivity index (χ0n) is 14.5. The molecule has 0 saturated heterocycles. The van der Waals surface area contributed by atoms with Crippen LogP contribution in [0.4, 0.5) is 5.69 Å². The van der Waals surface area contributed by atoms with Crippen LogP contribution >= 0.6 is 0 Å². The molecule has 2 N–H and O–H groups in total. The van der Waals surface area contributed by atoms with Crippen molar-refractivity contribution >= 4 is 11.6 Å². The van der Waals surface area contributed by atoms with E-state index in [1.54, 1.807) is 6.07 Å². The van der Waals surface area contributed by atoms with Crippen LogP contribution in [0.1, 0.15) is 22.7 Å². The number of nitrogens with zero attached hydrogens (tertiary/aromatic N) is 2. The van der Waals surface area contributed by atoms with Gasteiger partial charge in [-0.3, -0.25) is 9.89 Å². The molecule has 0 bridgehead atoms. The summed E-state index contributed by atoms with van der Waals surface area (Å²) in [5.41, 5.74) is 2.22. The summed E-state index contributed by atoms with van der Waals surface area (Å²) in [5.74, 6) is 1.31. The zero-order valence-corrected chi connectivity index (χ0v) is 14.5. The monoisotopic (exact) mass is 338 g/mol. The first-order chi connectivity index (χ1) is 12.1. The summed E-state index contributed by atoms with van der Waals surface area (Å²) in [4.78, 5) is 14.3. The van der Waals surface area contributed by atoms with Crippen molar-refractivity contribution in [1.29, 1.82) is 0 Å². The number of benzene rings is 1. The number of H-pyrrole nitrogens is 1. The van der Waals surface area contributed by atoms with Crippen molar-refractivity contribution in [2.24, 2.45) is 0 Å². The molecule has 3 aromatic rings. The van der Waals surface area contributed by atoms with Crippen LogP contribution in [0, 0.1) is 6.92 Å². The minimum absolute atomic E-state index is 0.187. The predicted molar refractivity (Wildman–Crippen MR) is 97.7 cm³/mol. The zero-order chi connectivity index (χ0) is 17.6. The molecule has 1 amide bonds. The second-order valence-corrected chi connectivity index (χ2v) is 5.94. The predicted octanol–water partition coefficient (Wildman–Crippen LogP) is 3.23. The van der Waals surface area contributed by atoms with Gasteiger partial charge in [0.1, 0.15) is 11.5 Å². The summed E-state index contributed by atoms with van der Waals surface area (Å²) in [7, 11) is 2.04. The van der Waals surface area contributed by atoms with Crippen LogP contribution in [0.25, 0.3) is 11.5 Å². The molecule has 0 atom stereocenters. The average Bonchev–Trinajstić information content (AvgIpc) is 3.28. The molecule has 3 rings (SSSR count). The van der Waals surface area contributed by atoms with Crippen LogP contribution in [-0.2, 0) is 0 Å². The second kappa shape index (κ2) is 7.70. The molecule has 1 aromatic carbocycles. The maximum absolute atomic E-state index is 12.2. The lowest BCUT2D eigenvalue weighted by Gasteiger charge is -2.19. The molecule has 0 spiro atoms. The highest BCUT2D eigenvalue weighted by molar-refractivity contribution is 5.93. The van der Waals surface area contributed by atoms with E-state index < -0.39 is 0 Å². The summed E-state index contributed by atoms with van der Waals surface area (Å²) in [6.45, 7) is 3.33. The highest BCUT2D eigenvalue weighted by atomic mass is 16.3. The van der Waals surface area contributed by atoms with Crippen LogP contribution in [0.3, 0.4) is 0 Å². The lowest BCUT2D eigenvalue weighted by Crippen LogP contribution is -2.28. The van der Waals surface area contributed by atoms with Crippen molar-refractivity contribution in [3.05, 3.63) is 60.0 Å². The topological polar surface area (TPSA) is 74.2 Å². The number of anilines is 1. The normalized spacial score (nSPS) is 10.6. The fourth-order valence-electron chi connectivity index (χ4n) is 2.56. The molecule has 2 heterocycles. The number of para-hydroxylation sites is 1. The Hall–Kier alpha value is -3.02. The smallest absolute Gasteiger partial charge is 0.271 e. The summed E-state index contributed by atoms with van der Waals surface area (Å²) < 4.78 is 5.52. The van der Waals surface area contributed by atoms with Crippen LogP contribution in [0.15, 0.2) is 52.9 Å². The quantitative estimate of drug-likeness (QED) is 0.649. The van der Waals surface area contributed by atoms with E-state index in [1.165, 1.54) is 5.69 Å². The lowest BCUT2D eigenvalue weighted by molar-refractivity contribution is 0.0948. The minimum atomic E-state index is -0.187. The Kier molecular flexibility index (Phi) is 5.18. The van der Waals surface area contributed by atoms with E-state index in [0.717, 1.165) is 18.7 Å². The average molecular weight is 338 g/mol. The summed E-state index contributed by atoms with van der Waals surface area (Å²) in [6, 6.07) is 15.6. The molecular weight excluding hydrogens is 316 g/mol. The third-order valence-electron chi connectivity index (χ3n) is 3.97. The highest BCUT2D eigenvalue weighted by Crippen LogP contribution is 2.20. The highest BCUT2D eigenvalue weighted by Gasteiger charge is 2.12. The molecule has 0 aliphatic carbocycles. The summed E-state index contributed by atoms with van der Waals surface area (Å²) >= 11 is 0. The molecule has 0 aliphatic rings. The van der Waals surface area contributed by atoms with E-state index in [4.69, 9.17) is 4.42 Å². The first kappa shape index (κ1) is 16.8. The van der Waals surface area contributed by atoms with E-state index in [9.17, 15) is 4.79 Å². The second-order valence-electron chi connectivity index (χ2n) is 5.94. The molecule has 0 aliphatic heterocycles. The number of amides is 1. The number of hydrogen-bond acceptors (Lipinski definition) is 4. The van der Waals surface area contributed by atoms with Crippen LogP contribution in [0.5, 0.6) is 0 Å². The molecule has 6 heteroatoms. The molecule has 6 nitrogen and oxygen atoms in total. The summed E-state index contributed by atoms with van der Waals surface area (Å²) in [6.07, 6.45) is 0.853. The lowest BCUT2D eigenvalue weighted by atomic mass is 10.2. The largest absolute Gasteiger partial charge is 0.460 e. The molecule has 0 unspecified atom stereocenters. The van der Waals surface area contributed by atoms with Crippen LogP contribution < -0.4 is 10.2 Å². The molecule has 25 heavy (non-hydrogen) atoms. The van der Waals surface area contributed by atoms with Crippen molar-refractivity contribution < 1.29 is 9.21 Å². The molecule has 0 radical (unpaired) electrons. The third-order valence-corrected chi connectivity index (χ3v) is 3.97. The van der Waals surface area contributed by atoms with Gasteiger partial charge in [-0.05, 0) is 37.6 Å². The Balaban J connectivity index is 1.46. The Morgan fingerprint density at radius 2 is 2.04 bits per heavy atom. The maximum atomic E-state index is 12.2. The van der Waals surface area contributed by atoms with Gasteiger partial charge in [0.2, 0.25) is 0 Å². The number of nitrogens with one attached hydrogen (secondary N) is 2. The SMILES string of the molecule is Cc1ccc(-c2cc(C(=O)NCCCN(C)c3ccccc3)n[nH]2)o1. The minimum Gasteiger partial charge on any atom is -0.460 e. The number of furan rings is 1. The Morgan fingerprint density at radius 3 is 2.76 bits per heavy atom. The van der Waals surface area contributed by atoms with Gasteiger partial charge in [-0.25, -0.2) is 0 Å². The Morgan fingerprint density at radius 1 is 1.24 bits per heavy atom. The van der Waals surface area contributed by atoms with E-state index in [0.29, 0.717) is 23.7 Å². The molecule has 130 valence electrons. The van der Waals surface area contributed by atoms with Crippen molar-refractivity contribution in [2.45, 2.75) is 13.3 Å². The first-order valence-corrected chi connectivity index (χ1v) is 8.30. The number of aromatic nitrogens is 2. The van der Waals surface area contributed by atoms with Gasteiger partial charge < -0.3 is 14.6 Å². The van der Waals surface area contributed by atoms with Crippen LogP contribution in [-0.4, -0.2) is 36.2 Å². The number of carbonyl (C=O) groups excluding carboxylic acids is 1. The number of aryl methyl sites for hydroxylation is 1. The molecule has 2 aromatic heterocycles. The standard InChI is InChI=1S/C19H22N4O2/c1-14-9-10-18(25-14)16-13-17(22-21-16)19(24)20-11-6-12-23(2)15-7-4-3-5-8-15/h3-5,7-10,13H,6,11-12H2,1-2H3,(H,20,24)(H,21,22). The Bertz CT molecular complexity index is 823. The fourth-order valence-corrected chi connectivity index (χ4v) is 2.56. The third kappa shape index (κ3) is 4.29. The van der Waals surface area contributed by atoms with Crippen LogP contribution in [0.2, 0.25) is 0 Å². The number of aromatic amines is 1. The van der Waals surface area contributed by atoms with Gasteiger partial charge in [0.05, 0.1) is 0 Å². The molecule has 0 saturated carbocycles. The maximum Gasteiger partial charge on any atom is 0.271 e. The molecule has 0 fully saturated rings. The number of carbonyl (C=O) groups is 1. The van der Waals surface area contributed by atoms with Crippen molar-refractivity contribution in [3.63, 3.8) is 0 Å².